The number of rotatable bonds is 7. The highest BCUT2D eigenvalue weighted by Gasteiger charge is 2.32. The number of carbonyl (C=O) groups is 1. The number of anilines is 1. The van der Waals surface area contributed by atoms with Crippen LogP contribution >= 0.6 is 11.3 Å². The number of likely N-dealkylation sites (tertiary alicyclic amines) is 1. The second-order valence-corrected chi connectivity index (χ2v) is 10.3. The molecule has 0 bridgehead atoms. The van der Waals surface area contributed by atoms with Gasteiger partial charge in [0.2, 0.25) is 5.91 Å². The molecule has 2 saturated heterocycles. The van der Waals surface area contributed by atoms with Crippen LogP contribution in [0.1, 0.15) is 11.4 Å². The summed E-state index contributed by atoms with van der Waals surface area (Å²) in [5, 5.41) is 15.5. The lowest BCUT2D eigenvalue weighted by molar-refractivity contribution is -0.140. The van der Waals surface area contributed by atoms with Crippen molar-refractivity contribution in [2.75, 3.05) is 38.7 Å². The van der Waals surface area contributed by atoms with Crippen molar-refractivity contribution in [1.29, 1.82) is 0 Å². The van der Waals surface area contributed by atoms with Crippen molar-refractivity contribution < 1.29 is 27.1 Å². The Morgan fingerprint density at radius 1 is 1.28 bits per heavy atom. The smallest absolute Gasteiger partial charge is 0.380 e. The minimum Gasteiger partial charge on any atom is -0.380 e. The van der Waals surface area contributed by atoms with Crippen LogP contribution in [-0.2, 0) is 22.6 Å². The van der Waals surface area contributed by atoms with Crippen molar-refractivity contribution in [2.24, 2.45) is 5.92 Å². The quantitative estimate of drug-likeness (QED) is 0.459. The number of fused-ring (bicyclic) bond motifs is 1. The standard InChI is InChI=1S/C23H26F4N6O2S/c1-32-6-5-17(15(24)9-32)29-16-3-2-4-18-14(16)7-19(33(18)12-23(25,26)27)22-31-30-20(36-22)8-28-21(34)13-10-35-11-13/h2-4,7,13,15,17,29H,5-6,8-12H2,1H3,(H,28,34)/t15-,17+/m1/s1. The average molecular weight is 527 g/mol. The highest BCUT2D eigenvalue weighted by molar-refractivity contribution is 7.14. The zero-order valence-corrected chi connectivity index (χ0v) is 20.3. The first-order valence-electron chi connectivity index (χ1n) is 11.6. The maximum atomic E-state index is 14.7. The Morgan fingerprint density at radius 3 is 2.78 bits per heavy atom. The Balaban J connectivity index is 1.44. The molecule has 2 aliphatic heterocycles. The van der Waals surface area contributed by atoms with E-state index in [-0.39, 0.29) is 24.1 Å². The molecule has 1 aromatic carbocycles. The van der Waals surface area contributed by atoms with Crippen LogP contribution < -0.4 is 10.6 Å². The normalized spacial score (nSPS) is 21.5. The van der Waals surface area contributed by atoms with Crippen molar-refractivity contribution in [1.82, 2.24) is 25.0 Å². The number of nitrogens with one attached hydrogen (secondary N) is 2. The molecule has 0 saturated carbocycles. The van der Waals surface area contributed by atoms with E-state index in [1.165, 1.54) is 0 Å². The van der Waals surface area contributed by atoms with Gasteiger partial charge < -0.3 is 24.8 Å². The van der Waals surface area contributed by atoms with Gasteiger partial charge in [-0.1, -0.05) is 17.4 Å². The molecule has 2 aliphatic rings. The van der Waals surface area contributed by atoms with Crippen LogP contribution in [-0.4, -0.2) is 77.3 Å². The molecule has 2 fully saturated rings. The lowest BCUT2D eigenvalue weighted by Gasteiger charge is -2.33. The topological polar surface area (TPSA) is 84.3 Å². The zero-order valence-electron chi connectivity index (χ0n) is 19.5. The van der Waals surface area contributed by atoms with E-state index in [0.29, 0.717) is 52.8 Å². The van der Waals surface area contributed by atoms with Crippen molar-refractivity contribution in [3.8, 4) is 10.7 Å². The Morgan fingerprint density at radius 2 is 2.08 bits per heavy atom. The second kappa shape index (κ2) is 9.94. The zero-order chi connectivity index (χ0) is 25.4. The summed E-state index contributed by atoms with van der Waals surface area (Å²) in [6.45, 7) is 0.706. The van der Waals surface area contributed by atoms with E-state index < -0.39 is 24.9 Å². The van der Waals surface area contributed by atoms with Crippen LogP contribution in [0.4, 0.5) is 23.2 Å². The lowest BCUT2D eigenvalue weighted by atomic mass is 10.0. The van der Waals surface area contributed by atoms with Crippen LogP contribution in [0.2, 0.25) is 0 Å². The van der Waals surface area contributed by atoms with Crippen LogP contribution in [0.15, 0.2) is 24.3 Å². The predicted octanol–water partition coefficient (Wildman–Crippen LogP) is 3.44. The summed E-state index contributed by atoms with van der Waals surface area (Å²) in [6, 6.07) is 6.23. The molecular formula is C23H26F4N6O2S. The Bertz CT molecular complexity index is 1240. The van der Waals surface area contributed by atoms with Crippen LogP contribution in [0.25, 0.3) is 21.6 Å². The molecule has 2 N–H and O–H groups in total. The fourth-order valence-electron chi connectivity index (χ4n) is 4.48. The number of alkyl halides is 4. The molecule has 2 aromatic heterocycles. The fraction of sp³-hybridized carbons (Fsp3) is 0.522. The highest BCUT2D eigenvalue weighted by atomic mass is 32.1. The largest absolute Gasteiger partial charge is 0.406 e. The number of halogens is 4. The summed E-state index contributed by atoms with van der Waals surface area (Å²) in [4.78, 5) is 14.0. The first-order chi connectivity index (χ1) is 17.2. The van der Waals surface area contributed by atoms with Gasteiger partial charge in [0.1, 0.15) is 17.7 Å². The van der Waals surface area contributed by atoms with Crippen molar-refractivity contribution in [3.63, 3.8) is 0 Å². The number of benzene rings is 1. The first-order valence-corrected chi connectivity index (χ1v) is 12.5. The molecule has 0 unspecified atom stereocenters. The molecule has 194 valence electrons. The molecular weight excluding hydrogens is 500 g/mol. The average Bonchev–Trinajstić information content (AvgIpc) is 3.37. The van der Waals surface area contributed by atoms with Gasteiger partial charge >= 0.3 is 6.18 Å². The van der Waals surface area contributed by atoms with Crippen LogP contribution in [0.3, 0.4) is 0 Å². The van der Waals surface area contributed by atoms with E-state index in [9.17, 15) is 22.4 Å². The summed E-state index contributed by atoms with van der Waals surface area (Å²) in [7, 11) is 1.86. The van der Waals surface area contributed by atoms with Gasteiger partial charge in [0.25, 0.3) is 0 Å². The fourth-order valence-corrected chi connectivity index (χ4v) is 5.28. The minimum absolute atomic E-state index is 0.132. The number of aromatic nitrogens is 3. The molecule has 13 heteroatoms. The van der Waals surface area contributed by atoms with Gasteiger partial charge in [0.05, 0.1) is 42.9 Å². The van der Waals surface area contributed by atoms with E-state index in [0.717, 1.165) is 22.4 Å². The summed E-state index contributed by atoms with van der Waals surface area (Å²) in [6.07, 6.45) is -4.97. The molecule has 4 heterocycles. The van der Waals surface area contributed by atoms with Crippen molar-refractivity contribution in [3.05, 3.63) is 29.3 Å². The number of hydrogen-bond donors (Lipinski definition) is 2. The summed E-state index contributed by atoms with van der Waals surface area (Å²) < 4.78 is 61.5. The number of hydrogen-bond acceptors (Lipinski definition) is 7. The first kappa shape index (κ1) is 24.9. The van der Waals surface area contributed by atoms with E-state index in [2.05, 4.69) is 20.8 Å². The van der Waals surface area contributed by atoms with Crippen molar-refractivity contribution in [2.45, 2.75) is 37.9 Å². The second-order valence-electron chi connectivity index (χ2n) is 9.24. The number of amides is 1. The van der Waals surface area contributed by atoms with Gasteiger partial charge in [-0.15, -0.1) is 10.2 Å². The molecule has 0 radical (unpaired) electrons. The predicted molar refractivity (Wildman–Crippen MR) is 127 cm³/mol. The molecule has 8 nitrogen and oxygen atoms in total. The molecule has 2 atom stereocenters. The molecule has 5 rings (SSSR count). The Labute approximate surface area is 208 Å². The van der Waals surface area contributed by atoms with E-state index in [4.69, 9.17) is 4.74 Å². The maximum Gasteiger partial charge on any atom is 0.406 e. The lowest BCUT2D eigenvalue weighted by Crippen LogP contribution is -2.46. The summed E-state index contributed by atoms with van der Waals surface area (Å²) in [5.74, 6) is -0.342. The maximum absolute atomic E-state index is 14.7. The van der Waals surface area contributed by atoms with E-state index >= 15 is 0 Å². The third-order valence-electron chi connectivity index (χ3n) is 6.48. The van der Waals surface area contributed by atoms with E-state index in [1.54, 1.807) is 24.3 Å². The third kappa shape index (κ3) is 5.32. The highest BCUT2D eigenvalue weighted by Crippen LogP contribution is 2.36. The molecule has 0 aliphatic carbocycles. The van der Waals surface area contributed by atoms with Gasteiger partial charge in [0.15, 0.2) is 5.01 Å². The minimum atomic E-state index is -4.46. The van der Waals surface area contributed by atoms with Gasteiger partial charge in [-0.05, 0) is 31.7 Å². The third-order valence-corrected chi connectivity index (χ3v) is 7.42. The monoisotopic (exact) mass is 526 g/mol. The van der Waals surface area contributed by atoms with Crippen LogP contribution in [0.5, 0.6) is 0 Å². The Hall–Kier alpha value is -2.77. The number of ether oxygens (including phenoxy) is 1. The van der Waals surface area contributed by atoms with Gasteiger partial charge in [0, 0.05) is 24.2 Å². The number of nitrogens with zero attached hydrogens (tertiary/aromatic N) is 4. The molecule has 36 heavy (non-hydrogen) atoms. The summed E-state index contributed by atoms with van der Waals surface area (Å²) >= 11 is 1.12. The van der Waals surface area contributed by atoms with Gasteiger partial charge in [-0.25, -0.2) is 4.39 Å². The van der Waals surface area contributed by atoms with Crippen molar-refractivity contribution >= 4 is 33.8 Å². The molecule has 0 spiro atoms. The number of carbonyl (C=O) groups excluding carboxylic acids is 1. The Kier molecular flexibility index (Phi) is 6.88. The SMILES string of the molecule is CN1CC[C@H](Nc2cccc3c2cc(-c2nnc(CNC(=O)C4COC4)s2)n3CC(F)(F)F)[C@H](F)C1. The van der Waals surface area contributed by atoms with Crippen LogP contribution in [0, 0.1) is 5.92 Å². The molecule has 3 aromatic rings. The molecule has 1 amide bonds. The van der Waals surface area contributed by atoms with Gasteiger partial charge in [-0.3, -0.25) is 4.79 Å². The number of piperidine rings is 1. The van der Waals surface area contributed by atoms with Gasteiger partial charge in [-0.2, -0.15) is 13.2 Å². The summed E-state index contributed by atoms with van der Waals surface area (Å²) in [5.41, 5.74) is 1.21. The van der Waals surface area contributed by atoms with E-state index in [1.807, 2.05) is 11.9 Å².